The summed E-state index contributed by atoms with van der Waals surface area (Å²) >= 11 is 0. The smallest absolute Gasteiger partial charge is 0.336 e. The molecule has 0 N–H and O–H groups in total. The highest BCUT2D eigenvalue weighted by Crippen LogP contribution is 2.43. The van der Waals surface area contributed by atoms with Gasteiger partial charge in [0.15, 0.2) is 0 Å². The Morgan fingerprint density at radius 1 is 0.949 bits per heavy atom. The van der Waals surface area contributed by atoms with Gasteiger partial charge in [0, 0.05) is 30.1 Å². The number of unbranched alkanes of at least 4 members (excludes halogenated alkanes) is 6. The molecule has 1 aliphatic rings. The molecule has 8 heteroatoms. The van der Waals surface area contributed by atoms with E-state index in [9.17, 15) is 19.7 Å². The van der Waals surface area contributed by atoms with Gasteiger partial charge in [-0.15, -0.1) is 6.58 Å². The van der Waals surface area contributed by atoms with Crippen LogP contribution in [0.25, 0.3) is 0 Å². The third kappa shape index (κ3) is 8.80. The van der Waals surface area contributed by atoms with Crippen molar-refractivity contribution in [3.05, 3.63) is 75.1 Å². The summed E-state index contributed by atoms with van der Waals surface area (Å²) in [6, 6.07) is 6.10. The highest BCUT2D eigenvalue weighted by Gasteiger charge is 2.41. The molecular weight excluding hydrogens is 496 g/mol. The molecule has 1 aliphatic heterocycles. The Balaban J connectivity index is 2.57. The second-order valence-electron chi connectivity index (χ2n) is 9.91. The molecule has 0 amide bonds. The molecule has 0 saturated heterocycles. The number of benzene rings is 1. The zero-order chi connectivity index (χ0) is 28.8. The average Bonchev–Trinajstić information content (AvgIpc) is 2.92. The third-order valence-electron chi connectivity index (χ3n) is 7.04. The molecular formula is C31H44N2O6. The molecule has 0 bridgehead atoms. The van der Waals surface area contributed by atoms with E-state index in [1.807, 2.05) is 18.7 Å². The normalized spacial score (nSPS) is 14.0. The van der Waals surface area contributed by atoms with Crippen molar-refractivity contribution >= 4 is 17.6 Å². The predicted molar refractivity (Wildman–Crippen MR) is 153 cm³/mol. The highest BCUT2D eigenvalue weighted by atomic mass is 16.6. The lowest BCUT2D eigenvalue weighted by Crippen LogP contribution is -2.36. The van der Waals surface area contributed by atoms with Crippen LogP contribution in [-0.4, -0.2) is 41.5 Å². The molecule has 0 aliphatic carbocycles. The van der Waals surface area contributed by atoms with E-state index in [1.165, 1.54) is 12.1 Å². The van der Waals surface area contributed by atoms with Gasteiger partial charge in [0.25, 0.3) is 5.69 Å². The maximum absolute atomic E-state index is 13.6. The number of nitrogens with zero attached hydrogens (tertiary/aromatic N) is 2. The minimum atomic E-state index is -0.851. The number of esters is 2. The molecule has 8 nitrogen and oxygen atoms in total. The number of non-ortho nitro benzene ring substituents is 1. The summed E-state index contributed by atoms with van der Waals surface area (Å²) < 4.78 is 11.4. The first-order chi connectivity index (χ1) is 18.8. The number of nitro benzene ring substituents is 1. The summed E-state index contributed by atoms with van der Waals surface area (Å²) in [7, 11) is 0. The van der Waals surface area contributed by atoms with Crippen LogP contribution in [0.5, 0.6) is 0 Å². The Kier molecular flexibility index (Phi) is 13.5. The first-order valence-electron chi connectivity index (χ1n) is 14.2. The molecule has 214 valence electrons. The van der Waals surface area contributed by atoms with Gasteiger partial charge in [-0.2, -0.15) is 0 Å². The number of carbonyl (C=O) groups excluding carboxylic acids is 2. The quantitative estimate of drug-likeness (QED) is 0.0669. The van der Waals surface area contributed by atoms with Crippen molar-refractivity contribution in [2.24, 2.45) is 0 Å². The van der Waals surface area contributed by atoms with Gasteiger partial charge in [0.05, 0.1) is 35.2 Å². The molecule has 0 aromatic heterocycles. The van der Waals surface area contributed by atoms with Gasteiger partial charge >= 0.3 is 11.9 Å². The third-order valence-corrected chi connectivity index (χ3v) is 7.04. The molecule has 2 rings (SSSR count). The molecule has 1 aromatic rings. The van der Waals surface area contributed by atoms with E-state index in [0.29, 0.717) is 41.1 Å². The van der Waals surface area contributed by atoms with Crippen molar-refractivity contribution in [3.63, 3.8) is 0 Å². The lowest BCUT2D eigenvalue weighted by Gasteiger charge is -2.38. The number of nitro groups is 1. The fraction of sp³-hybridized carbons (Fsp3) is 0.548. The highest BCUT2D eigenvalue weighted by molar-refractivity contribution is 6.00. The van der Waals surface area contributed by atoms with Crippen LogP contribution >= 0.6 is 0 Å². The van der Waals surface area contributed by atoms with Gasteiger partial charge < -0.3 is 14.4 Å². The van der Waals surface area contributed by atoms with Crippen LogP contribution in [0.2, 0.25) is 0 Å². The Hall–Kier alpha value is -3.42. The molecule has 0 fully saturated rings. The van der Waals surface area contributed by atoms with Crippen LogP contribution in [0.4, 0.5) is 5.69 Å². The topological polar surface area (TPSA) is 99.0 Å². The van der Waals surface area contributed by atoms with E-state index >= 15 is 0 Å². The lowest BCUT2D eigenvalue weighted by molar-refractivity contribution is -0.384. The fourth-order valence-corrected chi connectivity index (χ4v) is 4.89. The van der Waals surface area contributed by atoms with Crippen molar-refractivity contribution in [1.82, 2.24) is 4.90 Å². The van der Waals surface area contributed by atoms with Crippen molar-refractivity contribution in [1.29, 1.82) is 0 Å². The maximum atomic E-state index is 13.6. The van der Waals surface area contributed by atoms with Crippen molar-refractivity contribution in [2.45, 2.75) is 91.4 Å². The summed E-state index contributed by atoms with van der Waals surface area (Å²) in [5, 5.41) is 11.6. The van der Waals surface area contributed by atoms with E-state index in [4.69, 9.17) is 9.47 Å². The molecule has 0 saturated carbocycles. The number of allylic oxidation sites excluding steroid dienone is 2. The van der Waals surface area contributed by atoms with Crippen LogP contribution < -0.4 is 0 Å². The first kappa shape index (κ1) is 31.8. The van der Waals surface area contributed by atoms with Crippen molar-refractivity contribution in [3.8, 4) is 0 Å². The van der Waals surface area contributed by atoms with E-state index in [2.05, 4.69) is 20.4 Å². The zero-order valence-corrected chi connectivity index (χ0v) is 24.0. The maximum Gasteiger partial charge on any atom is 0.336 e. The monoisotopic (exact) mass is 540 g/mol. The van der Waals surface area contributed by atoms with Gasteiger partial charge in [-0.3, -0.25) is 10.1 Å². The van der Waals surface area contributed by atoms with Crippen LogP contribution in [0.1, 0.15) is 97.0 Å². The van der Waals surface area contributed by atoms with Gasteiger partial charge in [-0.25, -0.2) is 9.59 Å². The molecule has 39 heavy (non-hydrogen) atoms. The second kappa shape index (κ2) is 16.5. The van der Waals surface area contributed by atoms with Crippen LogP contribution in [-0.2, 0) is 19.1 Å². The number of rotatable bonds is 17. The van der Waals surface area contributed by atoms with E-state index in [-0.39, 0.29) is 18.9 Å². The van der Waals surface area contributed by atoms with Gasteiger partial charge in [0.1, 0.15) is 0 Å². The van der Waals surface area contributed by atoms with Gasteiger partial charge in [-0.1, -0.05) is 70.6 Å². The summed E-state index contributed by atoms with van der Waals surface area (Å²) in [6.45, 7) is 12.8. The first-order valence-corrected chi connectivity index (χ1v) is 14.2. The Morgan fingerprint density at radius 2 is 1.49 bits per heavy atom. The Morgan fingerprint density at radius 3 is 1.95 bits per heavy atom. The molecule has 0 spiro atoms. The summed E-state index contributed by atoms with van der Waals surface area (Å²) in [6.07, 6.45) is 10.1. The van der Waals surface area contributed by atoms with Gasteiger partial charge in [-0.05, 0) is 38.7 Å². The molecule has 0 atom stereocenters. The van der Waals surface area contributed by atoms with Crippen molar-refractivity contribution < 1.29 is 24.0 Å². The fourth-order valence-electron chi connectivity index (χ4n) is 4.89. The summed E-state index contributed by atoms with van der Waals surface area (Å²) in [5.41, 5.74) is 2.28. The largest absolute Gasteiger partial charge is 0.462 e. The van der Waals surface area contributed by atoms with Crippen LogP contribution in [0.3, 0.4) is 0 Å². The summed E-state index contributed by atoms with van der Waals surface area (Å²) in [4.78, 5) is 40.3. The Labute approximate surface area is 232 Å². The predicted octanol–water partition coefficient (Wildman–Crippen LogP) is 7.37. The number of hydrogen-bond donors (Lipinski definition) is 0. The van der Waals surface area contributed by atoms with E-state index in [0.717, 1.165) is 51.4 Å². The summed E-state index contributed by atoms with van der Waals surface area (Å²) in [5.74, 6) is -1.90. The minimum absolute atomic E-state index is 0.114. The SMILES string of the molecule is C=CCCN1C(C)=C(C(=O)OCCCCCC)C(c2cccc([N+](=O)[O-])c2)C(C(=O)OCCCCCC)=C1C. The number of hydrogen-bond acceptors (Lipinski definition) is 7. The number of carbonyl (C=O) groups is 2. The van der Waals surface area contributed by atoms with E-state index in [1.54, 1.807) is 18.2 Å². The van der Waals surface area contributed by atoms with E-state index < -0.39 is 22.8 Å². The van der Waals surface area contributed by atoms with Crippen molar-refractivity contribution in [2.75, 3.05) is 19.8 Å². The molecule has 1 aromatic carbocycles. The van der Waals surface area contributed by atoms with Gasteiger partial charge in [0.2, 0.25) is 0 Å². The molecule has 1 heterocycles. The van der Waals surface area contributed by atoms with Crippen LogP contribution in [0.15, 0.2) is 59.5 Å². The second-order valence-corrected chi connectivity index (χ2v) is 9.91. The lowest BCUT2D eigenvalue weighted by atomic mass is 9.79. The number of ether oxygens (including phenoxy) is 2. The average molecular weight is 541 g/mol. The molecule has 0 radical (unpaired) electrons. The van der Waals surface area contributed by atoms with Crippen LogP contribution in [0, 0.1) is 10.1 Å². The Bertz CT molecular complexity index is 1020. The standard InChI is InChI=1S/C31H44N2O6/c1-6-9-12-14-20-38-30(34)27-23(4)32(19-11-8-3)24(5)28(31(35)39-21-15-13-10-7-2)29(27)25-17-16-18-26(22-25)33(36)37/h8,16-18,22,29H,3,6-7,9-15,19-21H2,1-2,4-5H3. The molecule has 0 unspecified atom stereocenters. The minimum Gasteiger partial charge on any atom is -0.462 e. The zero-order valence-electron chi connectivity index (χ0n) is 24.0.